The predicted octanol–water partition coefficient (Wildman–Crippen LogP) is 3.82. The van der Waals surface area contributed by atoms with Crippen molar-refractivity contribution in [1.29, 1.82) is 5.26 Å². The molecule has 0 fully saturated rings. The second-order valence-corrected chi connectivity index (χ2v) is 7.22. The summed E-state index contributed by atoms with van der Waals surface area (Å²) in [6, 6.07) is 12.8. The lowest BCUT2D eigenvalue weighted by Crippen LogP contribution is -2.19. The largest absolute Gasteiger partial charge is 0.375 e. The van der Waals surface area contributed by atoms with E-state index in [9.17, 15) is 10.1 Å². The summed E-state index contributed by atoms with van der Waals surface area (Å²) in [4.78, 5) is 25.3. The van der Waals surface area contributed by atoms with E-state index >= 15 is 0 Å². The van der Waals surface area contributed by atoms with E-state index in [0.29, 0.717) is 28.5 Å². The molecule has 0 bridgehead atoms. The molecule has 0 aliphatic rings. The standard InChI is InChI=1S/C23H21N7O/c1-14-18(13-24)19(7-10-25-14)29-16-5-6-21-17(11-16)20(12-22(31)30(21)3)28-15(2)23-26-8-4-9-27-23/h4-12,15,28H,1-3H3,(H,25,29). The number of fused-ring (bicyclic) bond motifs is 1. The molecule has 0 saturated heterocycles. The smallest absolute Gasteiger partial charge is 0.252 e. The van der Waals surface area contributed by atoms with Crippen LogP contribution in [-0.4, -0.2) is 19.5 Å². The summed E-state index contributed by atoms with van der Waals surface area (Å²) in [5, 5.41) is 17.0. The van der Waals surface area contributed by atoms with E-state index < -0.39 is 0 Å². The van der Waals surface area contributed by atoms with Crippen LogP contribution in [-0.2, 0) is 7.05 Å². The molecule has 0 amide bonds. The number of pyridine rings is 2. The summed E-state index contributed by atoms with van der Waals surface area (Å²) in [7, 11) is 1.74. The van der Waals surface area contributed by atoms with E-state index in [4.69, 9.17) is 0 Å². The Morgan fingerprint density at radius 1 is 1.06 bits per heavy atom. The minimum absolute atomic E-state index is 0.117. The monoisotopic (exact) mass is 411 g/mol. The molecule has 0 radical (unpaired) electrons. The highest BCUT2D eigenvalue weighted by Crippen LogP contribution is 2.29. The predicted molar refractivity (Wildman–Crippen MR) is 120 cm³/mol. The first kappa shape index (κ1) is 20.0. The molecule has 1 unspecified atom stereocenters. The lowest BCUT2D eigenvalue weighted by atomic mass is 10.1. The van der Waals surface area contributed by atoms with E-state index in [1.165, 1.54) is 0 Å². The van der Waals surface area contributed by atoms with E-state index in [1.807, 2.05) is 25.1 Å². The highest BCUT2D eigenvalue weighted by atomic mass is 16.1. The second kappa shape index (κ2) is 8.24. The molecule has 8 heteroatoms. The zero-order valence-corrected chi connectivity index (χ0v) is 17.4. The van der Waals surface area contributed by atoms with Crippen LogP contribution in [0.3, 0.4) is 0 Å². The first-order valence-corrected chi connectivity index (χ1v) is 9.78. The number of benzene rings is 1. The van der Waals surface area contributed by atoms with Crippen LogP contribution in [0.2, 0.25) is 0 Å². The maximum Gasteiger partial charge on any atom is 0.252 e. The fourth-order valence-electron chi connectivity index (χ4n) is 3.46. The zero-order chi connectivity index (χ0) is 22.0. The molecule has 0 aliphatic heterocycles. The van der Waals surface area contributed by atoms with Crippen LogP contribution in [0.15, 0.2) is 59.8 Å². The van der Waals surface area contributed by atoms with E-state index in [1.54, 1.807) is 55.3 Å². The van der Waals surface area contributed by atoms with Crippen molar-refractivity contribution in [2.75, 3.05) is 10.6 Å². The lowest BCUT2D eigenvalue weighted by molar-refractivity contribution is 0.788. The first-order valence-electron chi connectivity index (χ1n) is 9.78. The van der Waals surface area contributed by atoms with Crippen LogP contribution in [0, 0.1) is 18.3 Å². The van der Waals surface area contributed by atoms with Crippen molar-refractivity contribution >= 4 is 28.0 Å². The van der Waals surface area contributed by atoms with Crippen LogP contribution in [0.4, 0.5) is 17.1 Å². The number of rotatable bonds is 5. The molecule has 1 aromatic carbocycles. The average Bonchev–Trinajstić information content (AvgIpc) is 2.78. The third-order valence-corrected chi connectivity index (χ3v) is 5.12. The second-order valence-electron chi connectivity index (χ2n) is 7.22. The maximum absolute atomic E-state index is 12.5. The van der Waals surface area contributed by atoms with E-state index in [0.717, 1.165) is 16.6 Å². The molecule has 1 atom stereocenters. The van der Waals surface area contributed by atoms with Gasteiger partial charge in [-0.25, -0.2) is 9.97 Å². The van der Waals surface area contributed by atoms with E-state index in [2.05, 4.69) is 31.7 Å². The molecule has 0 saturated carbocycles. The van der Waals surface area contributed by atoms with Crippen LogP contribution >= 0.6 is 0 Å². The maximum atomic E-state index is 12.5. The Kier molecular flexibility index (Phi) is 5.33. The van der Waals surface area contributed by atoms with Gasteiger partial charge < -0.3 is 15.2 Å². The number of hydrogen-bond acceptors (Lipinski definition) is 7. The Morgan fingerprint density at radius 3 is 2.58 bits per heavy atom. The third-order valence-electron chi connectivity index (χ3n) is 5.12. The summed E-state index contributed by atoms with van der Waals surface area (Å²) in [6.07, 6.45) is 5.04. The van der Waals surface area contributed by atoms with Gasteiger partial charge in [0.2, 0.25) is 0 Å². The van der Waals surface area contributed by atoms with Gasteiger partial charge in [0, 0.05) is 48.5 Å². The van der Waals surface area contributed by atoms with Crippen molar-refractivity contribution in [1.82, 2.24) is 19.5 Å². The van der Waals surface area contributed by atoms with Gasteiger partial charge in [0.05, 0.1) is 28.5 Å². The zero-order valence-electron chi connectivity index (χ0n) is 17.4. The van der Waals surface area contributed by atoms with Crippen molar-refractivity contribution in [3.8, 4) is 6.07 Å². The molecule has 154 valence electrons. The molecule has 4 rings (SSSR count). The van der Waals surface area contributed by atoms with Crippen molar-refractivity contribution in [2.24, 2.45) is 7.05 Å². The van der Waals surface area contributed by atoms with Crippen LogP contribution < -0.4 is 16.2 Å². The van der Waals surface area contributed by atoms with Gasteiger partial charge in [-0.15, -0.1) is 0 Å². The normalized spacial score (nSPS) is 11.7. The highest BCUT2D eigenvalue weighted by molar-refractivity contribution is 5.94. The minimum Gasteiger partial charge on any atom is -0.375 e. The van der Waals surface area contributed by atoms with Crippen molar-refractivity contribution in [3.63, 3.8) is 0 Å². The number of nitriles is 1. The number of nitrogens with one attached hydrogen (secondary N) is 2. The molecule has 3 aromatic heterocycles. The number of nitrogens with zero attached hydrogens (tertiary/aromatic N) is 5. The Morgan fingerprint density at radius 2 is 1.84 bits per heavy atom. The molecule has 31 heavy (non-hydrogen) atoms. The van der Waals surface area contributed by atoms with Gasteiger partial charge in [-0.2, -0.15) is 5.26 Å². The van der Waals surface area contributed by atoms with Crippen LogP contribution in [0.1, 0.15) is 30.0 Å². The quantitative estimate of drug-likeness (QED) is 0.514. The molecular formula is C23H21N7O. The Bertz CT molecular complexity index is 1360. The molecule has 8 nitrogen and oxygen atoms in total. The fraction of sp³-hybridized carbons (Fsp3) is 0.174. The highest BCUT2D eigenvalue weighted by Gasteiger charge is 2.14. The SMILES string of the molecule is Cc1nccc(Nc2ccc3c(c2)c(NC(C)c2ncccn2)cc(=O)n3C)c1C#N. The van der Waals surface area contributed by atoms with E-state index in [-0.39, 0.29) is 11.6 Å². The molecule has 0 aliphatic carbocycles. The number of aryl methyl sites for hydroxylation is 2. The topological polar surface area (TPSA) is 109 Å². The lowest BCUT2D eigenvalue weighted by Gasteiger charge is -2.18. The van der Waals surface area contributed by atoms with Crippen molar-refractivity contribution in [2.45, 2.75) is 19.9 Å². The third kappa shape index (κ3) is 3.94. The Hall–Kier alpha value is -4.25. The summed E-state index contributed by atoms with van der Waals surface area (Å²) >= 11 is 0. The molecule has 2 N–H and O–H groups in total. The molecule has 3 heterocycles. The Labute approximate surface area is 179 Å². The number of aromatic nitrogens is 4. The molecule has 0 spiro atoms. The van der Waals surface area contributed by atoms with Gasteiger partial charge >= 0.3 is 0 Å². The summed E-state index contributed by atoms with van der Waals surface area (Å²) < 4.78 is 1.60. The van der Waals surface area contributed by atoms with Gasteiger partial charge in [-0.1, -0.05) is 0 Å². The minimum atomic E-state index is -0.193. The summed E-state index contributed by atoms with van der Waals surface area (Å²) in [5.74, 6) is 0.636. The van der Waals surface area contributed by atoms with Crippen LogP contribution in [0.5, 0.6) is 0 Å². The average molecular weight is 411 g/mol. The van der Waals surface area contributed by atoms with Gasteiger partial charge in [0.25, 0.3) is 5.56 Å². The van der Waals surface area contributed by atoms with Gasteiger partial charge in [0.1, 0.15) is 11.9 Å². The molecule has 4 aromatic rings. The van der Waals surface area contributed by atoms with Crippen molar-refractivity contribution < 1.29 is 0 Å². The van der Waals surface area contributed by atoms with Gasteiger partial charge in [-0.3, -0.25) is 9.78 Å². The van der Waals surface area contributed by atoms with Crippen molar-refractivity contribution in [3.05, 3.63) is 82.4 Å². The van der Waals surface area contributed by atoms with Gasteiger partial charge in [-0.05, 0) is 44.2 Å². The fourth-order valence-corrected chi connectivity index (χ4v) is 3.46. The number of anilines is 3. The summed E-state index contributed by atoms with van der Waals surface area (Å²) in [6.45, 7) is 3.74. The summed E-state index contributed by atoms with van der Waals surface area (Å²) in [5.41, 5.74) is 3.99. The Balaban J connectivity index is 1.77. The first-order chi connectivity index (χ1) is 15.0. The molecular weight excluding hydrogens is 390 g/mol. The number of hydrogen-bond donors (Lipinski definition) is 2. The van der Waals surface area contributed by atoms with Gasteiger partial charge in [0.15, 0.2) is 0 Å². The van der Waals surface area contributed by atoms with Crippen LogP contribution in [0.25, 0.3) is 10.9 Å².